The van der Waals surface area contributed by atoms with Gasteiger partial charge in [-0.2, -0.15) is 8.42 Å². The number of benzene rings is 1. The normalized spacial score (nSPS) is 16.1. The number of anilines is 1. The number of nitrogens with zero attached hydrogens (tertiary/aromatic N) is 1. The van der Waals surface area contributed by atoms with Crippen LogP contribution in [0.1, 0.15) is 36.7 Å². The van der Waals surface area contributed by atoms with Crippen LogP contribution < -0.4 is 14.9 Å². The number of carbonyl (C=O) groups excluding carboxylic acids is 1. The molecule has 160 valence electrons. The van der Waals surface area contributed by atoms with Gasteiger partial charge in [0.05, 0.1) is 23.1 Å². The van der Waals surface area contributed by atoms with E-state index in [4.69, 9.17) is 8.60 Å². The SMILES string of the molecule is CC(=O)C1=C(C)Nc2ccnc(OS(C)(=O)=O)c2C1c1cccc2c(=O)cc(C)oc12. The van der Waals surface area contributed by atoms with Crippen LogP contribution in [0.15, 0.2) is 57.0 Å². The van der Waals surface area contributed by atoms with Gasteiger partial charge in [0, 0.05) is 34.8 Å². The number of Topliss-reactive ketones (excluding diaryl/α,β-unsaturated/α-hetero) is 1. The molecular formula is C22H20N2O6S. The summed E-state index contributed by atoms with van der Waals surface area (Å²) in [7, 11) is -3.89. The van der Waals surface area contributed by atoms with Gasteiger partial charge in [-0.15, -0.1) is 0 Å². The maximum atomic E-state index is 12.7. The van der Waals surface area contributed by atoms with E-state index in [1.165, 1.54) is 19.2 Å². The first-order chi connectivity index (χ1) is 14.6. The molecule has 0 saturated heterocycles. The van der Waals surface area contributed by atoms with Gasteiger partial charge in [-0.3, -0.25) is 9.59 Å². The van der Waals surface area contributed by atoms with Gasteiger partial charge in [-0.25, -0.2) is 4.98 Å². The van der Waals surface area contributed by atoms with E-state index < -0.39 is 16.0 Å². The standard InChI is InChI=1S/C22H20N2O6S/c1-11-10-17(26)14-6-5-7-15(21(14)29-11)19-18(13(3)25)12(2)24-16-8-9-23-22(20(16)19)30-31(4,27)28/h5-10,19,24H,1-4H3. The third-order valence-corrected chi connectivity index (χ3v) is 5.55. The zero-order valence-corrected chi connectivity index (χ0v) is 18.2. The molecule has 31 heavy (non-hydrogen) atoms. The molecule has 1 aliphatic rings. The Morgan fingerprint density at radius 2 is 1.97 bits per heavy atom. The Bertz CT molecular complexity index is 1440. The van der Waals surface area contributed by atoms with Gasteiger partial charge >= 0.3 is 10.1 Å². The molecule has 8 nitrogen and oxygen atoms in total. The molecule has 1 atom stereocenters. The number of aromatic nitrogens is 1. The van der Waals surface area contributed by atoms with Crippen LogP contribution >= 0.6 is 0 Å². The van der Waals surface area contributed by atoms with Crippen molar-refractivity contribution >= 4 is 32.6 Å². The van der Waals surface area contributed by atoms with E-state index in [2.05, 4.69) is 10.3 Å². The first-order valence-electron chi connectivity index (χ1n) is 9.47. The van der Waals surface area contributed by atoms with Crippen molar-refractivity contribution < 1.29 is 21.8 Å². The van der Waals surface area contributed by atoms with Crippen LogP contribution in [0.25, 0.3) is 11.0 Å². The minimum atomic E-state index is -3.89. The molecule has 0 radical (unpaired) electrons. The number of nitrogens with one attached hydrogen (secondary N) is 1. The third kappa shape index (κ3) is 3.72. The Labute approximate surface area is 178 Å². The molecule has 9 heteroatoms. The zero-order valence-electron chi connectivity index (χ0n) is 17.3. The summed E-state index contributed by atoms with van der Waals surface area (Å²) < 4.78 is 34.9. The Hall–Kier alpha value is -3.46. The van der Waals surface area contributed by atoms with Crippen molar-refractivity contribution in [2.45, 2.75) is 26.7 Å². The van der Waals surface area contributed by atoms with E-state index in [1.807, 2.05) is 0 Å². The monoisotopic (exact) mass is 440 g/mol. The van der Waals surface area contributed by atoms with Gasteiger partial charge in [0.1, 0.15) is 11.3 Å². The number of hydrogen-bond donors (Lipinski definition) is 1. The molecular weight excluding hydrogens is 420 g/mol. The molecule has 0 bridgehead atoms. The minimum absolute atomic E-state index is 0.143. The summed E-state index contributed by atoms with van der Waals surface area (Å²) in [6.07, 6.45) is 2.34. The summed E-state index contributed by atoms with van der Waals surface area (Å²) in [6.45, 7) is 4.86. The average Bonchev–Trinajstić information content (AvgIpc) is 2.65. The lowest BCUT2D eigenvalue weighted by Crippen LogP contribution is -2.24. The van der Waals surface area contributed by atoms with Crippen LogP contribution in [0.3, 0.4) is 0 Å². The molecule has 0 aliphatic carbocycles. The van der Waals surface area contributed by atoms with Crippen molar-refractivity contribution in [1.29, 1.82) is 0 Å². The minimum Gasteiger partial charge on any atom is -0.461 e. The lowest BCUT2D eigenvalue weighted by atomic mass is 9.79. The number of fused-ring (bicyclic) bond motifs is 2. The molecule has 0 fully saturated rings. The van der Waals surface area contributed by atoms with E-state index in [0.29, 0.717) is 44.8 Å². The lowest BCUT2D eigenvalue weighted by Gasteiger charge is -2.31. The summed E-state index contributed by atoms with van der Waals surface area (Å²) in [5, 5.41) is 3.50. The lowest BCUT2D eigenvalue weighted by molar-refractivity contribution is -0.113. The number of allylic oxidation sites excluding steroid dienone is 2. The maximum Gasteiger partial charge on any atom is 0.307 e. The van der Waals surface area contributed by atoms with Crippen LogP contribution in [0, 0.1) is 6.92 Å². The highest BCUT2D eigenvalue weighted by molar-refractivity contribution is 7.86. The maximum absolute atomic E-state index is 12.7. The van der Waals surface area contributed by atoms with E-state index in [0.717, 1.165) is 6.26 Å². The highest BCUT2D eigenvalue weighted by Crippen LogP contribution is 2.47. The van der Waals surface area contributed by atoms with Gasteiger partial charge in [0.2, 0.25) is 5.88 Å². The second-order valence-corrected chi connectivity index (χ2v) is 9.04. The summed E-state index contributed by atoms with van der Waals surface area (Å²) in [6, 6.07) is 8.16. The highest BCUT2D eigenvalue weighted by atomic mass is 32.2. The van der Waals surface area contributed by atoms with Crippen LogP contribution in [-0.2, 0) is 14.9 Å². The number of aryl methyl sites for hydroxylation is 1. The summed E-state index contributed by atoms with van der Waals surface area (Å²) in [4.78, 5) is 29.4. The number of carbonyl (C=O) groups is 1. The summed E-state index contributed by atoms with van der Waals surface area (Å²) >= 11 is 0. The van der Waals surface area contributed by atoms with E-state index in [-0.39, 0.29) is 17.1 Å². The quantitative estimate of drug-likeness (QED) is 0.615. The van der Waals surface area contributed by atoms with Gasteiger partial charge in [-0.05, 0) is 32.9 Å². The van der Waals surface area contributed by atoms with E-state index in [1.54, 1.807) is 38.1 Å². The van der Waals surface area contributed by atoms with E-state index in [9.17, 15) is 18.0 Å². The summed E-state index contributed by atoms with van der Waals surface area (Å²) in [5.41, 5.74) is 2.58. The van der Waals surface area contributed by atoms with Crippen LogP contribution in [0.5, 0.6) is 5.88 Å². The molecule has 3 aromatic rings. The van der Waals surface area contributed by atoms with Crippen molar-refractivity contribution in [1.82, 2.24) is 4.98 Å². The van der Waals surface area contributed by atoms with Gasteiger partial charge in [-0.1, -0.05) is 12.1 Å². The molecule has 0 amide bonds. The molecule has 1 N–H and O–H groups in total. The number of para-hydroxylation sites is 1. The van der Waals surface area contributed by atoms with Crippen molar-refractivity contribution in [3.8, 4) is 5.88 Å². The van der Waals surface area contributed by atoms with Crippen molar-refractivity contribution in [3.05, 3.63) is 74.9 Å². The largest absolute Gasteiger partial charge is 0.461 e. The van der Waals surface area contributed by atoms with Crippen molar-refractivity contribution in [3.63, 3.8) is 0 Å². The Kier molecular flexibility index (Phi) is 4.93. The number of ketones is 1. The molecule has 1 aliphatic heterocycles. The fourth-order valence-electron chi connectivity index (χ4n) is 4.00. The Morgan fingerprint density at radius 1 is 1.23 bits per heavy atom. The second-order valence-electron chi connectivity index (χ2n) is 7.46. The Balaban J connectivity index is 2.12. The third-order valence-electron chi connectivity index (χ3n) is 5.09. The second kappa shape index (κ2) is 7.35. The van der Waals surface area contributed by atoms with Crippen molar-refractivity contribution in [2.24, 2.45) is 0 Å². The fourth-order valence-corrected chi connectivity index (χ4v) is 4.42. The van der Waals surface area contributed by atoms with Crippen LogP contribution in [0.2, 0.25) is 0 Å². The predicted octanol–water partition coefficient (Wildman–Crippen LogP) is 3.26. The number of hydrogen-bond acceptors (Lipinski definition) is 8. The molecule has 2 aromatic heterocycles. The summed E-state index contributed by atoms with van der Waals surface area (Å²) in [5.74, 6) is -0.701. The van der Waals surface area contributed by atoms with Crippen LogP contribution in [0.4, 0.5) is 5.69 Å². The average molecular weight is 440 g/mol. The van der Waals surface area contributed by atoms with Gasteiger partial charge in [0.25, 0.3) is 0 Å². The molecule has 0 saturated carbocycles. The van der Waals surface area contributed by atoms with Crippen molar-refractivity contribution in [2.75, 3.05) is 11.6 Å². The fraction of sp³-hybridized carbons (Fsp3) is 0.227. The number of rotatable bonds is 4. The highest BCUT2D eigenvalue weighted by Gasteiger charge is 2.36. The Morgan fingerprint density at radius 3 is 2.65 bits per heavy atom. The smallest absolute Gasteiger partial charge is 0.307 e. The first-order valence-corrected chi connectivity index (χ1v) is 11.3. The van der Waals surface area contributed by atoms with Gasteiger partial charge < -0.3 is 13.9 Å². The van der Waals surface area contributed by atoms with Crippen LogP contribution in [-0.4, -0.2) is 25.4 Å². The molecule has 4 rings (SSSR count). The molecule has 1 aromatic carbocycles. The molecule has 1 unspecified atom stereocenters. The zero-order chi connectivity index (χ0) is 22.5. The van der Waals surface area contributed by atoms with E-state index >= 15 is 0 Å². The molecule has 0 spiro atoms. The van der Waals surface area contributed by atoms with Gasteiger partial charge in [0.15, 0.2) is 11.2 Å². The first kappa shape index (κ1) is 20.8. The topological polar surface area (TPSA) is 116 Å². The molecule has 3 heterocycles. The number of pyridine rings is 1. The predicted molar refractivity (Wildman–Crippen MR) is 116 cm³/mol.